The van der Waals surface area contributed by atoms with Crippen LogP contribution in [0, 0.1) is 18.3 Å². The second-order valence-electron chi connectivity index (χ2n) is 5.40. The predicted octanol–water partition coefficient (Wildman–Crippen LogP) is 1.19. The summed E-state index contributed by atoms with van der Waals surface area (Å²) in [5.41, 5.74) is 1.87. The Balaban J connectivity index is 2.44. The van der Waals surface area contributed by atoms with Gasteiger partial charge in [-0.15, -0.1) is 0 Å². The van der Waals surface area contributed by atoms with Crippen molar-refractivity contribution in [2.75, 3.05) is 38.1 Å². The highest BCUT2D eigenvalue weighted by atomic mass is 16.1. The molecule has 0 amide bonds. The van der Waals surface area contributed by atoms with E-state index in [0.29, 0.717) is 6.54 Å². The zero-order valence-corrected chi connectivity index (χ0v) is 12.5. The molecule has 1 aliphatic rings. The van der Waals surface area contributed by atoms with Gasteiger partial charge in [0.2, 0.25) is 0 Å². The summed E-state index contributed by atoms with van der Waals surface area (Å²) in [4.78, 5) is 16.9. The van der Waals surface area contributed by atoms with Crippen molar-refractivity contribution in [3.63, 3.8) is 0 Å². The smallest absolute Gasteiger partial charge is 0.270 e. The molecule has 2 rings (SSSR count). The minimum atomic E-state index is -0.150. The number of likely N-dealkylation sites (N-methyl/N-ethyl adjacent to an activating group) is 1. The zero-order chi connectivity index (χ0) is 14.7. The van der Waals surface area contributed by atoms with Gasteiger partial charge < -0.3 is 14.4 Å². The highest BCUT2D eigenvalue weighted by molar-refractivity contribution is 5.59. The molecule has 108 valence electrons. The van der Waals surface area contributed by atoms with E-state index in [0.717, 1.165) is 44.0 Å². The minimum Gasteiger partial charge on any atom is -0.368 e. The largest absolute Gasteiger partial charge is 0.368 e. The fraction of sp³-hybridized carbons (Fsp3) is 0.600. The lowest BCUT2D eigenvalue weighted by Gasteiger charge is -2.34. The van der Waals surface area contributed by atoms with Crippen LogP contribution in [0.15, 0.2) is 10.9 Å². The van der Waals surface area contributed by atoms with Gasteiger partial charge in [0, 0.05) is 38.4 Å². The molecule has 0 N–H and O–H groups in total. The second-order valence-corrected chi connectivity index (χ2v) is 5.40. The van der Waals surface area contributed by atoms with E-state index in [1.54, 1.807) is 4.57 Å². The Hall–Kier alpha value is -1.80. The number of anilines is 1. The number of hydrogen-bond donors (Lipinski definition) is 0. The Morgan fingerprint density at radius 1 is 1.30 bits per heavy atom. The monoisotopic (exact) mass is 274 g/mol. The number of nitriles is 1. The van der Waals surface area contributed by atoms with E-state index in [1.165, 1.54) is 0 Å². The summed E-state index contributed by atoms with van der Waals surface area (Å²) in [6.45, 7) is 8.29. The molecular weight excluding hydrogens is 252 g/mol. The van der Waals surface area contributed by atoms with E-state index in [1.807, 2.05) is 19.9 Å². The molecule has 0 bridgehead atoms. The summed E-state index contributed by atoms with van der Waals surface area (Å²) < 4.78 is 1.71. The van der Waals surface area contributed by atoms with Crippen molar-refractivity contribution in [2.24, 2.45) is 0 Å². The summed E-state index contributed by atoms with van der Waals surface area (Å²) >= 11 is 0. The summed E-state index contributed by atoms with van der Waals surface area (Å²) in [5.74, 6) is 0. The molecule has 0 unspecified atom stereocenters. The van der Waals surface area contributed by atoms with Crippen molar-refractivity contribution < 1.29 is 0 Å². The van der Waals surface area contributed by atoms with Crippen LogP contribution in [0.1, 0.15) is 24.6 Å². The van der Waals surface area contributed by atoms with Gasteiger partial charge in [-0.1, -0.05) is 6.92 Å². The van der Waals surface area contributed by atoms with Gasteiger partial charge in [0.15, 0.2) is 0 Å². The Bertz CT molecular complexity index is 577. The first kappa shape index (κ1) is 14.6. The molecule has 0 radical (unpaired) electrons. The van der Waals surface area contributed by atoms with E-state index in [-0.39, 0.29) is 11.1 Å². The van der Waals surface area contributed by atoms with E-state index >= 15 is 0 Å². The molecule has 2 heterocycles. The number of piperazine rings is 1. The first-order valence-corrected chi connectivity index (χ1v) is 7.16. The first-order chi connectivity index (χ1) is 9.58. The number of aromatic nitrogens is 1. The van der Waals surface area contributed by atoms with Crippen molar-refractivity contribution in [1.82, 2.24) is 9.47 Å². The molecule has 1 fully saturated rings. The highest BCUT2D eigenvalue weighted by Crippen LogP contribution is 2.20. The Kier molecular flexibility index (Phi) is 4.46. The number of pyridine rings is 1. The average Bonchev–Trinajstić information content (AvgIpc) is 2.44. The molecule has 1 aliphatic heterocycles. The maximum atomic E-state index is 12.4. The summed E-state index contributed by atoms with van der Waals surface area (Å²) in [5, 5.41) is 9.37. The molecule has 1 saturated heterocycles. The van der Waals surface area contributed by atoms with E-state index < -0.39 is 0 Å². The van der Waals surface area contributed by atoms with Gasteiger partial charge in [-0.2, -0.15) is 5.26 Å². The SMILES string of the molecule is CCCn1c(C)cc(N2CCN(C)CC2)c(C#N)c1=O. The van der Waals surface area contributed by atoms with Crippen LogP contribution in [0.25, 0.3) is 0 Å². The summed E-state index contributed by atoms with van der Waals surface area (Å²) in [6.07, 6.45) is 0.888. The van der Waals surface area contributed by atoms with Crippen molar-refractivity contribution in [3.8, 4) is 6.07 Å². The third-order valence-corrected chi connectivity index (χ3v) is 3.89. The third-order valence-electron chi connectivity index (χ3n) is 3.89. The summed E-state index contributed by atoms with van der Waals surface area (Å²) in [6, 6.07) is 4.10. The van der Waals surface area contributed by atoms with Crippen LogP contribution in [-0.4, -0.2) is 42.7 Å². The van der Waals surface area contributed by atoms with Crippen LogP contribution in [0.5, 0.6) is 0 Å². The van der Waals surface area contributed by atoms with Gasteiger partial charge in [-0.05, 0) is 26.5 Å². The van der Waals surface area contributed by atoms with E-state index in [2.05, 4.69) is 22.9 Å². The lowest BCUT2D eigenvalue weighted by atomic mass is 10.1. The number of rotatable bonds is 3. The van der Waals surface area contributed by atoms with Gasteiger partial charge in [0.25, 0.3) is 5.56 Å². The van der Waals surface area contributed by atoms with E-state index in [4.69, 9.17) is 0 Å². The van der Waals surface area contributed by atoms with Crippen LogP contribution in [0.2, 0.25) is 0 Å². The molecule has 0 atom stereocenters. The Labute approximate surface area is 120 Å². The van der Waals surface area contributed by atoms with Crippen molar-refractivity contribution in [2.45, 2.75) is 26.8 Å². The second kappa shape index (κ2) is 6.10. The number of hydrogen-bond acceptors (Lipinski definition) is 4. The zero-order valence-electron chi connectivity index (χ0n) is 12.5. The van der Waals surface area contributed by atoms with Crippen LogP contribution < -0.4 is 10.5 Å². The lowest BCUT2D eigenvalue weighted by molar-refractivity contribution is 0.312. The Morgan fingerprint density at radius 3 is 2.50 bits per heavy atom. The standard InChI is InChI=1S/C15H22N4O/c1-4-5-19-12(2)10-14(13(11-16)15(19)20)18-8-6-17(3)7-9-18/h10H,4-9H2,1-3H3. The van der Waals surface area contributed by atoms with Crippen molar-refractivity contribution in [1.29, 1.82) is 5.26 Å². The third kappa shape index (κ3) is 2.70. The van der Waals surface area contributed by atoms with Crippen LogP contribution in [-0.2, 0) is 6.54 Å². The van der Waals surface area contributed by atoms with Gasteiger partial charge in [0.1, 0.15) is 11.6 Å². The highest BCUT2D eigenvalue weighted by Gasteiger charge is 2.20. The van der Waals surface area contributed by atoms with Gasteiger partial charge >= 0.3 is 0 Å². The van der Waals surface area contributed by atoms with Crippen LogP contribution in [0.3, 0.4) is 0 Å². The molecule has 0 aromatic carbocycles. The molecule has 1 aromatic rings. The van der Waals surface area contributed by atoms with Crippen molar-refractivity contribution >= 4 is 5.69 Å². The molecular formula is C15H22N4O. The molecule has 5 heteroatoms. The summed E-state index contributed by atoms with van der Waals surface area (Å²) in [7, 11) is 2.09. The molecule has 20 heavy (non-hydrogen) atoms. The minimum absolute atomic E-state index is 0.150. The topological polar surface area (TPSA) is 52.3 Å². The molecule has 5 nitrogen and oxygen atoms in total. The van der Waals surface area contributed by atoms with Gasteiger partial charge in [-0.3, -0.25) is 4.79 Å². The fourth-order valence-corrected chi connectivity index (χ4v) is 2.66. The van der Waals surface area contributed by atoms with Gasteiger partial charge in [-0.25, -0.2) is 0 Å². The molecule has 0 spiro atoms. The van der Waals surface area contributed by atoms with Crippen LogP contribution >= 0.6 is 0 Å². The quantitative estimate of drug-likeness (QED) is 0.831. The fourth-order valence-electron chi connectivity index (χ4n) is 2.66. The van der Waals surface area contributed by atoms with E-state index in [9.17, 15) is 10.1 Å². The predicted molar refractivity (Wildman–Crippen MR) is 80.2 cm³/mol. The van der Waals surface area contributed by atoms with Gasteiger partial charge in [0.05, 0.1) is 5.69 Å². The maximum Gasteiger partial charge on any atom is 0.270 e. The molecule has 1 aromatic heterocycles. The maximum absolute atomic E-state index is 12.4. The lowest BCUT2D eigenvalue weighted by Crippen LogP contribution is -2.45. The number of aryl methyl sites for hydroxylation is 1. The molecule has 0 aliphatic carbocycles. The van der Waals surface area contributed by atoms with Crippen LogP contribution in [0.4, 0.5) is 5.69 Å². The average molecular weight is 274 g/mol. The number of nitrogens with zero attached hydrogens (tertiary/aromatic N) is 4. The normalized spacial score (nSPS) is 16.2. The van der Waals surface area contributed by atoms with Crippen molar-refractivity contribution in [3.05, 3.63) is 27.7 Å². The molecule has 0 saturated carbocycles. The Morgan fingerprint density at radius 2 is 1.95 bits per heavy atom. The first-order valence-electron chi connectivity index (χ1n) is 7.16.